The quantitative estimate of drug-likeness (QED) is 0.931. The summed E-state index contributed by atoms with van der Waals surface area (Å²) in [6.45, 7) is 2.48. The minimum atomic E-state index is -0.906. The molecule has 6 heteroatoms. The topological polar surface area (TPSA) is 74.9 Å². The van der Waals surface area contributed by atoms with E-state index in [2.05, 4.69) is 4.98 Å². The summed E-state index contributed by atoms with van der Waals surface area (Å²) in [5, 5.41) is 9.16. The average molecular weight is 301 g/mol. The van der Waals surface area contributed by atoms with Crippen molar-refractivity contribution in [3.63, 3.8) is 0 Å². The monoisotopic (exact) mass is 301 g/mol. The molecule has 1 atom stereocenters. The van der Waals surface area contributed by atoms with Crippen LogP contribution in [0.1, 0.15) is 30.7 Å². The van der Waals surface area contributed by atoms with Crippen LogP contribution in [0, 0.1) is 6.92 Å². The summed E-state index contributed by atoms with van der Waals surface area (Å²) in [5.74, 6) is -0.994. The molecule has 0 saturated carbocycles. The number of imidazole rings is 1. The van der Waals surface area contributed by atoms with Gasteiger partial charge in [0.2, 0.25) is 5.91 Å². The highest BCUT2D eigenvalue weighted by Gasteiger charge is 2.33. The molecule has 1 aliphatic heterocycles. The van der Waals surface area contributed by atoms with Crippen LogP contribution in [0.3, 0.4) is 0 Å². The largest absolute Gasteiger partial charge is 0.480 e. The molecule has 1 unspecified atom stereocenters. The Balaban J connectivity index is 1.73. The standard InChI is InChI=1S/C16H19N3O3/c1-11-12(18-9-3-2-6-14(18)17-11)7-8-15(20)19-10-4-5-13(19)16(21)22/h2-3,6,9,13H,4-5,7-8,10H2,1H3,(H,21,22). The minimum Gasteiger partial charge on any atom is -0.480 e. The molecule has 1 saturated heterocycles. The summed E-state index contributed by atoms with van der Waals surface area (Å²) < 4.78 is 1.99. The molecule has 2 aromatic heterocycles. The highest BCUT2D eigenvalue weighted by molar-refractivity contribution is 5.84. The van der Waals surface area contributed by atoms with E-state index >= 15 is 0 Å². The Hall–Kier alpha value is -2.37. The van der Waals surface area contributed by atoms with Crippen LogP contribution < -0.4 is 0 Å². The summed E-state index contributed by atoms with van der Waals surface area (Å²) in [6.07, 6.45) is 4.13. The maximum absolute atomic E-state index is 12.3. The minimum absolute atomic E-state index is 0.0878. The first-order valence-electron chi connectivity index (χ1n) is 7.53. The fourth-order valence-electron chi connectivity index (χ4n) is 3.16. The van der Waals surface area contributed by atoms with Crippen LogP contribution in [0.2, 0.25) is 0 Å². The van der Waals surface area contributed by atoms with Crippen LogP contribution in [0.5, 0.6) is 0 Å². The van der Waals surface area contributed by atoms with Gasteiger partial charge in [-0.05, 0) is 38.3 Å². The lowest BCUT2D eigenvalue weighted by molar-refractivity contribution is -0.148. The van der Waals surface area contributed by atoms with Gasteiger partial charge in [0.1, 0.15) is 11.7 Å². The van der Waals surface area contributed by atoms with E-state index in [1.54, 1.807) is 0 Å². The molecule has 116 valence electrons. The van der Waals surface area contributed by atoms with Crippen molar-refractivity contribution in [3.05, 3.63) is 35.8 Å². The van der Waals surface area contributed by atoms with E-state index in [9.17, 15) is 9.59 Å². The zero-order valence-corrected chi connectivity index (χ0v) is 12.5. The predicted octanol–water partition coefficient (Wildman–Crippen LogP) is 1.65. The summed E-state index contributed by atoms with van der Waals surface area (Å²) in [4.78, 5) is 29.5. The SMILES string of the molecule is Cc1nc2ccccn2c1CCC(=O)N1CCCC1C(=O)O. The maximum atomic E-state index is 12.3. The number of hydrogen-bond acceptors (Lipinski definition) is 3. The molecule has 1 aliphatic rings. The molecular weight excluding hydrogens is 282 g/mol. The molecule has 1 N–H and O–H groups in total. The van der Waals surface area contributed by atoms with E-state index in [1.165, 1.54) is 4.90 Å². The van der Waals surface area contributed by atoms with Gasteiger partial charge in [0.05, 0.1) is 5.69 Å². The van der Waals surface area contributed by atoms with Crippen LogP contribution >= 0.6 is 0 Å². The molecule has 0 spiro atoms. The van der Waals surface area contributed by atoms with Crippen LogP contribution in [0.25, 0.3) is 5.65 Å². The number of carboxylic acids is 1. The Bertz CT molecular complexity index is 722. The third-order valence-corrected chi connectivity index (χ3v) is 4.26. The lowest BCUT2D eigenvalue weighted by Gasteiger charge is -2.21. The molecule has 6 nitrogen and oxygen atoms in total. The number of aliphatic carboxylic acids is 1. The number of amides is 1. The van der Waals surface area contributed by atoms with Crippen molar-refractivity contribution in [3.8, 4) is 0 Å². The predicted molar refractivity (Wildman–Crippen MR) is 80.6 cm³/mol. The molecule has 22 heavy (non-hydrogen) atoms. The van der Waals surface area contributed by atoms with Gasteiger partial charge >= 0.3 is 5.97 Å². The third kappa shape index (κ3) is 2.56. The van der Waals surface area contributed by atoms with Gasteiger partial charge in [-0.2, -0.15) is 0 Å². The van der Waals surface area contributed by atoms with E-state index < -0.39 is 12.0 Å². The van der Waals surface area contributed by atoms with E-state index in [0.29, 0.717) is 25.8 Å². The first-order valence-corrected chi connectivity index (χ1v) is 7.53. The van der Waals surface area contributed by atoms with Crippen molar-refractivity contribution < 1.29 is 14.7 Å². The Morgan fingerprint density at radius 1 is 1.41 bits per heavy atom. The van der Waals surface area contributed by atoms with Crippen molar-refractivity contribution in [1.29, 1.82) is 0 Å². The number of nitrogens with zero attached hydrogens (tertiary/aromatic N) is 3. The first-order chi connectivity index (χ1) is 10.6. The smallest absolute Gasteiger partial charge is 0.326 e. The lowest BCUT2D eigenvalue weighted by atomic mass is 10.1. The molecule has 0 aliphatic carbocycles. The van der Waals surface area contributed by atoms with Gasteiger partial charge in [-0.15, -0.1) is 0 Å². The van der Waals surface area contributed by atoms with Crippen molar-refractivity contribution in [2.24, 2.45) is 0 Å². The number of rotatable bonds is 4. The summed E-state index contributed by atoms with van der Waals surface area (Å²) >= 11 is 0. The molecule has 0 bridgehead atoms. The Morgan fingerprint density at radius 2 is 2.23 bits per heavy atom. The Labute approximate surface area is 128 Å². The zero-order chi connectivity index (χ0) is 15.7. The number of aromatic nitrogens is 2. The van der Waals surface area contributed by atoms with Crippen LogP contribution in [-0.2, 0) is 16.0 Å². The van der Waals surface area contributed by atoms with Gasteiger partial charge in [0.25, 0.3) is 0 Å². The molecule has 2 aromatic rings. The number of carboxylic acid groups (broad SMARTS) is 1. The number of pyridine rings is 1. The maximum Gasteiger partial charge on any atom is 0.326 e. The average Bonchev–Trinajstić information content (AvgIpc) is 3.09. The van der Waals surface area contributed by atoms with Gasteiger partial charge in [0, 0.05) is 24.9 Å². The van der Waals surface area contributed by atoms with Crippen LogP contribution in [0.15, 0.2) is 24.4 Å². The highest BCUT2D eigenvalue weighted by Crippen LogP contribution is 2.20. The molecule has 3 heterocycles. The Kier molecular flexibility index (Phi) is 3.83. The second kappa shape index (κ2) is 5.79. The van der Waals surface area contributed by atoms with E-state index in [-0.39, 0.29) is 5.91 Å². The molecular formula is C16H19N3O3. The fraction of sp³-hybridized carbons (Fsp3) is 0.438. The molecule has 0 aromatic carbocycles. The van der Waals surface area contributed by atoms with Gasteiger partial charge in [-0.25, -0.2) is 9.78 Å². The molecule has 1 amide bonds. The second-order valence-corrected chi connectivity index (χ2v) is 5.66. The molecule has 0 radical (unpaired) electrons. The summed E-state index contributed by atoms with van der Waals surface area (Å²) in [5.41, 5.74) is 2.79. The summed E-state index contributed by atoms with van der Waals surface area (Å²) in [6, 6.07) is 5.13. The van der Waals surface area contributed by atoms with Crippen molar-refractivity contribution in [2.45, 2.75) is 38.6 Å². The first kappa shape index (κ1) is 14.6. The summed E-state index contributed by atoms with van der Waals surface area (Å²) in [7, 11) is 0. The third-order valence-electron chi connectivity index (χ3n) is 4.26. The van der Waals surface area contributed by atoms with Gasteiger partial charge < -0.3 is 14.4 Å². The van der Waals surface area contributed by atoms with Crippen LogP contribution in [-0.4, -0.2) is 43.9 Å². The van der Waals surface area contributed by atoms with Crippen molar-refractivity contribution in [2.75, 3.05) is 6.54 Å². The Morgan fingerprint density at radius 3 is 3.00 bits per heavy atom. The lowest BCUT2D eigenvalue weighted by Crippen LogP contribution is -2.40. The second-order valence-electron chi connectivity index (χ2n) is 5.66. The number of hydrogen-bond donors (Lipinski definition) is 1. The van der Waals surface area contributed by atoms with Crippen molar-refractivity contribution in [1.82, 2.24) is 14.3 Å². The van der Waals surface area contributed by atoms with E-state index in [4.69, 9.17) is 5.11 Å². The van der Waals surface area contributed by atoms with Crippen LogP contribution in [0.4, 0.5) is 0 Å². The number of fused-ring (bicyclic) bond motifs is 1. The van der Waals surface area contributed by atoms with Gasteiger partial charge in [0.15, 0.2) is 0 Å². The molecule has 1 fully saturated rings. The number of carbonyl (C=O) groups is 2. The number of aryl methyl sites for hydroxylation is 2. The number of likely N-dealkylation sites (tertiary alicyclic amines) is 1. The van der Waals surface area contributed by atoms with Gasteiger partial charge in [-0.3, -0.25) is 4.79 Å². The van der Waals surface area contributed by atoms with E-state index in [1.807, 2.05) is 35.7 Å². The highest BCUT2D eigenvalue weighted by atomic mass is 16.4. The van der Waals surface area contributed by atoms with E-state index in [0.717, 1.165) is 23.5 Å². The normalized spacial score (nSPS) is 18.0. The van der Waals surface area contributed by atoms with Gasteiger partial charge in [-0.1, -0.05) is 6.07 Å². The number of carbonyl (C=O) groups excluding carboxylic acids is 1. The zero-order valence-electron chi connectivity index (χ0n) is 12.5. The van der Waals surface area contributed by atoms with Crippen molar-refractivity contribution >= 4 is 17.5 Å². The fourth-order valence-corrected chi connectivity index (χ4v) is 3.16. The molecule has 3 rings (SSSR count).